The quantitative estimate of drug-likeness (QED) is 0.895. The molecular formula is C20H27N5O. The third-order valence-corrected chi connectivity index (χ3v) is 4.71. The number of piperazine rings is 1. The number of carbonyl (C=O) groups excluding carboxylic acids is 1. The van der Waals surface area contributed by atoms with Crippen LogP contribution in [0.5, 0.6) is 0 Å². The average molecular weight is 353 g/mol. The highest BCUT2D eigenvalue weighted by atomic mass is 16.2. The van der Waals surface area contributed by atoms with Crippen LogP contribution in [0.1, 0.15) is 11.1 Å². The highest BCUT2D eigenvalue weighted by molar-refractivity contribution is 5.74. The maximum atomic E-state index is 12.4. The van der Waals surface area contributed by atoms with Crippen molar-refractivity contribution in [2.45, 2.75) is 13.1 Å². The molecule has 1 saturated heterocycles. The summed E-state index contributed by atoms with van der Waals surface area (Å²) in [7, 11) is 3.95. The van der Waals surface area contributed by atoms with E-state index in [1.807, 2.05) is 55.7 Å². The summed E-state index contributed by atoms with van der Waals surface area (Å²) in [4.78, 5) is 23.3. The van der Waals surface area contributed by atoms with Gasteiger partial charge in [0.1, 0.15) is 5.82 Å². The van der Waals surface area contributed by atoms with Crippen LogP contribution in [0, 0.1) is 0 Å². The SMILES string of the molecule is CN1CCN(c2ncccc2CNC(=O)N(C)Cc2ccccc2)CC1. The second kappa shape index (κ2) is 8.67. The molecule has 6 heteroatoms. The molecule has 2 heterocycles. The van der Waals surface area contributed by atoms with Gasteiger partial charge < -0.3 is 20.0 Å². The molecule has 0 spiro atoms. The van der Waals surface area contributed by atoms with Crippen LogP contribution >= 0.6 is 0 Å². The number of hydrogen-bond acceptors (Lipinski definition) is 4. The Morgan fingerprint density at radius 2 is 1.85 bits per heavy atom. The van der Waals surface area contributed by atoms with E-state index in [0.717, 1.165) is 43.1 Å². The molecule has 0 bridgehead atoms. The zero-order chi connectivity index (χ0) is 18.4. The van der Waals surface area contributed by atoms with Gasteiger partial charge in [-0.2, -0.15) is 0 Å². The molecule has 1 fully saturated rings. The lowest BCUT2D eigenvalue weighted by molar-refractivity contribution is 0.206. The molecule has 2 amide bonds. The van der Waals surface area contributed by atoms with Crippen LogP contribution in [-0.4, -0.2) is 61.1 Å². The van der Waals surface area contributed by atoms with E-state index >= 15 is 0 Å². The minimum Gasteiger partial charge on any atom is -0.354 e. The number of nitrogens with zero attached hydrogens (tertiary/aromatic N) is 4. The first kappa shape index (κ1) is 18.2. The maximum Gasteiger partial charge on any atom is 0.317 e. The Morgan fingerprint density at radius 3 is 2.58 bits per heavy atom. The number of urea groups is 1. The molecule has 0 aliphatic carbocycles. The van der Waals surface area contributed by atoms with Gasteiger partial charge >= 0.3 is 6.03 Å². The number of likely N-dealkylation sites (N-methyl/N-ethyl adjacent to an activating group) is 1. The number of anilines is 1. The summed E-state index contributed by atoms with van der Waals surface area (Å²) < 4.78 is 0. The molecule has 1 aliphatic rings. The Bertz CT molecular complexity index is 713. The van der Waals surface area contributed by atoms with E-state index in [-0.39, 0.29) is 6.03 Å². The number of benzene rings is 1. The minimum absolute atomic E-state index is 0.0815. The molecule has 138 valence electrons. The third kappa shape index (κ3) is 4.73. The molecule has 1 aromatic carbocycles. The van der Waals surface area contributed by atoms with Crippen molar-refractivity contribution in [3.63, 3.8) is 0 Å². The number of carbonyl (C=O) groups is 1. The molecule has 1 N–H and O–H groups in total. The predicted octanol–water partition coefficient (Wildman–Crippen LogP) is 2.17. The van der Waals surface area contributed by atoms with Crippen LogP contribution < -0.4 is 10.2 Å². The number of hydrogen-bond donors (Lipinski definition) is 1. The van der Waals surface area contributed by atoms with E-state index < -0.39 is 0 Å². The molecule has 1 aliphatic heterocycles. The van der Waals surface area contributed by atoms with E-state index in [1.165, 1.54) is 0 Å². The average Bonchev–Trinajstić information content (AvgIpc) is 2.68. The molecular weight excluding hydrogens is 326 g/mol. The summed E-state index contributed by atoms with van der Waals surface area (Å²) in [6, 6.07) is 13.9. The molecule has 3 rings (SSSR count). The van der Waals surface area contributed by atoms with Gasteiger partial charge in [0.2, 0.25) is 0 Å². The lowest BCUT2D eigenvalue weighted by atomic mass is 10.2. The standard InChI is InChI=1S/C20H27N5O/c1-23-11-13-25(14-12-23)19-18(9-6-10-21-19)15-22-20(26)24(2)16-17-7-4-3-5-8-17/h3-10H,11-16H2,1-2H3,(H,22,26). The Kier molecular flexibility index (Phi) is 6.07. The van der Waals surface area contributed by atoms with Gasteiger partial charge in [-0.3, -0.25) is 0 Å². The first-order valence-corrected chi connectivity index (χ1v) is 9.04. The van der Waals surface area contributed by atoms with E-state index in [2.05, 4.69) is 27.1 Å². The normalized spacial score (nSPS) is 14.9. The summed E-state index contributed by atoms with van der Waals surface area (Å²) in [6.07, 6.45) is 1.82. The molecule has 2 aromatic rings. The number of rotatable bonds is 5. The van der Waals surface area contributed by atoms with Crippen molar-refractivity contribution in [3.8, 4) is 0 Å². The Balaban J connectivity index is 1.58. The zero-order valence-corrected chi connectivity index (χ0v) is 15.6. The number of nitrogens with one attached hydrogen (secondary N) is 1. The highest BCUT2D eigenvalue weighted by Gasteiger charge is 2.18. The summed E-state index contributed by atoms with van der Waals surface area (Å²) in [6.45, 7) is 5.05. The van der Waals surface area contributed by atoms with Gasteiger partial charge in [0, 0.05) is 58.1 Å². The van der Waals surface area contributed by atoms with Crippen LogP contribution in [0.15, 0.2) is 48.7 Å². The van der Waals surface area contributed by atoms with Crippen molar-refractivity contribution in [1.29, 1.82) is 0 Å². The fraction of sp³-hybridized carbons (Fsp3) is 0.400. The van der Waals surface area contributed by atoms with Crippen molar-refractivity contribution < 1.29 is 4.79 Å². The molecule has 26 heavy (non-hydrogen) atoms. The van der Waals surface area contributed by atoms with Gasteiger partial charge in [-0.25, -0.2) is 9.78 Å². The molecule has 0 unspecified atom stereocenters. The number of amides is 2. The van der Waals surface area contributed by atoms with Gasteiger partial charge in [-0.1, -0.05) is 36.4 Å². The second-order valence-corrected chi connectivity index (χ2v) is 6.78. The zero-order valence-electron chi connectivity index (χ0n) is 15.6. The van der Waals surface area contributed by atoms with Gasteiger partial charge in [0.15, 0.2) is 0 Å². The number of aromatic nitrogens is 1. The Morgan fingerprint density at radius 1 is 1.12 bits per heavy atom. The monoisotopic (exact) mass is 353 g/mol. The molecule has 1 aromatic heterocycles. The van der Waals surface area contributed by atoms with Crippen molar-refractivity contribution in [1.82, 2.24) is 20.1 Å². The lowest BCUT2D eigenvalue weighted by Gasteiger charge is -2.34. The van der Waals surface area contributed by atoms with Gasteiger partial charge in [-0.05, 0) is 18.7 Å². The van der Waals surface area contributed by atoms with Crippen molar-refractivity contribution in [2.75, 3.05) is 45.2 Å². The topological polar surface area (TPSA) is 51.7 Å². The van der Waals surface area contributed by atoms with E-state index in [0.29, 0.717) is 13.1 Å². The highest BCUT2D eigenvalue weighted by Crippen LogP contribution is 2.18. The summed E-state index contributed by atoms with van der Waals surface area (Å²) in [5.41, 5.74) is 2.17. The van der Waals surface area contributed by atoms with Crippen molar-refractivity contribution >= 4 is 11.8 Å². The van der Waals surface area contributed by atoms with Crippen LogP contribution in [0.25, 0.3) is 0 Å². The van der Waals surface area contributed by atoms with Crippen LogP contribution in [0.4, 0.5) is 10.6 Å². The molecule has 0 saturated carbocycles. The summed E-state index contributed by atoms with van der Waals surface area (Å²) >= 11 is 0. The van der Waals surface area contributed by atoms with Crippen molar-refractivity contribution in [3.05, 3.63) is 59.8 Å². The van der Waals surface area contributed by atoms with E-state index in [4.69, 9.17) is 0 Å². The fourth-order valence-electron chi connectivity index (χ4n) is 3.11. The Labute approximate surface area is 155 Å². The van der Waals surface area contributed by atoms with Gasteiger partial charge in [-0.15, -0.1) is 0 Å². The molecule has 0 radical (unpaired) electrons. The van der Waals surface area contributed by atoms with Crippen LogP contribution in [-0.2, 0) is 13.1 Å². The maximum absolute atomic E-state index is 12.4. The first-order chi connectivity index (χ1) is 12.6. The predicted molar refractivity (Wildman–Crippen MR) is 104 cm³/mol. The van der Waals surface area contributed by atoms with Crippen LogP contribution in [0.3, 0.4) is 0 Å². The van der Waals surface area contributed by atoms with Gasteiger partial charge in [0.05, 0.1) is 0 Å². The van der Waals surface area contributed by atoms with Crippen LogP contribution in [0.2, 0.25) is 0 Å². The largest absolute Gasteiger partial charge is 0.354 e. The lowest BCUT2D eigenvalue weighted by Crippen LogP contribution is -2.45. The minimum atomic E-state index is -0.0815. The van der Waals surface area contributed by atoms with E-state index in [9.17, 15) is 4.79 Å². The van der Waals surface area contributed by atoms with Crippen molar-refractivity contribution in [2.24, 2.45) is 0 Å². The third-order valence-electron chi connectivity index (χ3n) is 4.71. The summed E-state index contributed by atoms with van der Waals surface area (Å²) in [5.74, 6) is 0.978. The summed E-state index contributed by atoms with van der Waals surface area (Å²) in [5, 5.41) is 3.02. The van der Waals surface area contributed by atoms with Gasteiger partial charge in [0.25, 0.3) is 0 Å². The second-order valence-electron chi connectivity index (χ2n) is 6.78. The first-order valence-electron chi connectivity index (χ1n) is 9.04. The Hall–Kier alpha value is -2.60. The molecule has 6 nitrogen and oxygen atoms in total. The number of pyridine rings is 1. The van der Waals surface area contributed by atoms with E-state index in [1.54, 1.807) is 4.90 Å². The smallest absolute Gasteiger partial charge is 0.317 e. The fourth-order valence-corrected chi connectivity index (χ4v) is 3.11. The molecule has 0 atom stereocenters.